The van der Waals surface area contributed by atoms with E-state index in [1.165, 1.54) is 29.5 Å². The molecule has 2 unspecified atom stereocenters. The molecule has 1 aliphatic rings. The van der Waals surface area contributed by atoms with Gasteiger partial charge in [-0.1, -0.05) is 54.6 Å². The van der Waals surface area contributed by atoms with Gasteiger partial charge in [0.1, 0.15) is 0 Å². The van der Waals surface area contributed by atoms with Crippen molar-refractivity contribution in [3.05, 3.63) is 60.2 Å². The summed E-state index contributed by atoms with van der Waals surface area (Å²) in [6.07, 6.45) is 2.41. The maximum Gasteiger partial charge on any atom is 0.0512 e. The van der Waals surface area contributed by atoms with E-state index in [1.807, 2.05) is 7.05 Å². The van der Waals surface area contributed by atoms with Gasteiger partial charge in [0, 0.05) is 18.6 Å². The first-order valence-corrected chi connectivity index (χ1v) is 7.79. The molecule has 0 aromatic heterocycles. The van der Waals surface area contributed by atoms with Crippen LogP contribution in [0.2, 0.25) is 0 Å². The molecule has 1 heterocycles. The summed E-state index contributed by atoms with van der Waals surface area (Å²) >= 11 is 0. The third-order valence-electron chi connectivity index (χ3n) is 4.35. The molecule has 2 atom stereocenters. The zero-order valence-corrected chi connectivity index (χ0v) is 12.6. The van der Waals surface area contributed by atoms with Crippen LogP contribution in [0.3, 0.4) is 0 Å². The molecule has 110 valence electrons. The van der Waals surface area contributed by atoms with E-state index in [2.05, 4.69) is 59.9 Å². The lowest BCUT2D eigenvalue weighted by Crippen LogP contribution is -2.31. The van der Waals surface area contributed by atoms with E-state index in [0.29, 0.717) is 12.0 Å². The first kappa shape index (κ1) is 14.3. The van der Waals surface area contributed by atoms with Crippen LogP contribution in [0.15, 0.2) is 54.6 Å². The molecule has 3 rings (SSSR count). The molecule has 0 bridgehead atoms. The monoisotopic (exact) mass is 281 g/mol. The highest BCUT2D eigenvalue weighted by atomic mass is 16.5. The summed E-state index contributed by atoms with van der Waals surface area (Å²) in [6, 6.07) is 19.8. The SMILES string of the molecule is CNC(c1ccc(-c2ccccc2)cc1)C1CCCOC1. The molecule has 0 amide bonds. The topological polar surface area (TPSA) is 21.3 Å². The summed E-state index contributed by atoms with van der Waals surface area (Å²) in [5.74, 6) is 0.575. The van der Waals surface area contributed by atoms with E-state index in [1.54, 1.807) is 0 Å². The molecular weight excluding hydrogens is 258 g/mol. The molecule has 1 aliphatic heterocycles. The van der Waals surface area contributed by atoms with Crippen molar-refractivity contribution in [1.82, 2.24) is 5.32 Å². The molecule has 0 saturated carbocycles. The fourth-order valence-corrected chi connectivity index (χ4v) is 3.22. The van der Waals surface area contributed by atoms with Gasteiger partial charge in [-0.15, -0.1) is 0 Å². The van der Waals surface area contributed by atoms with Crippen LogP contribution in [0.4, 0.5) is 0 Å². The highest BCUT2D eigenvalue weighted by Gasteiger charge is 2.24. The maximum atomic E-state index is 5.64. The van der Waals surface area contributed by atoms with Gasteiger partial charge in [-0.25, -0.2) is 0 Å². The van der Waals surface area contributed by atoms with Crippen LogP contribution in [0.5, 0.6) is 0 Å². The second-order valence-corrected chi connectivity index (χ2v) is 5.73. The van der Waals surface area contributed by atoms with Crippen LogP contribution in [-0.4, -0.2) is 20.3 Å². The minimum Gasteiger partial charge on any atom is -0.381 e. The van der Waals surface area contributed by atoms with Crippen molar-refractivity contribution < 1.29 is 4.74 Å². The van der Waals surface area contributed by atoms with Gasteiger partial charge in [-0.2, -0.15) is 0 Å². The lowest BCUT2D eigenvalue weighted by Gasteiger charge is -2.30. The Kier molecular flexibility index (Phi) is 4.69. The fraction of sp³-hybridized carbons (Fsp3) is 0.368. The molecule has 2 heteroatoms. The molecule has 0 aliphatic carbocycles. The lowest BCUT2D eigenvalue weighted by molar-refractivity contribution is 0.0402. The van der Waals surface area contributed by atoms with Crippen molar-refractivity contribution in [2.24, 2.45) is 5.92 Å². The van der Waals surface area contributed by atoms with Crippen molar-refractivity contribution in [3.63, 3.8) is 0 Å². The maximum absolute atomic E-state index is 5.64. The van der Waals surface area contributed by atoms with Crippen LogP contribution in [0.25, 0.3) is 11.1 Å². The number of hydrogen-bond donors (Lipinski definition) is 1. The van der Waals surface area contributed by atoms with Gasteiger partial charge >= 0.3 is 0 Å². The van der Waals surface area contributed by atoms with Crippen LogP contribution >= 0.6 is 0 Å². The van der Waals surface area contributed by atoms with Gasteiger partial charge in [-0.05, 0) is 36.6 Å². The van der Waals surface area contributed by atoms with Crippen LogP contribution < -0.4 is 5.32 Å². The zero-order chi connectivity index (χ0) is 14.5. The summed E-state index contributed by atoms with van der Waals surface area (Å²) in [7, 11) is 2.05. The second kappa shape index (κ2) is 6.88. The highest BCUT2D eigenvalue weighted by molar-refractivity contribution is 5.63. The van der Waals surface area contributed by atoms with Crippen molar-refractivity contribution in [1.29, 1.82) is 0 Å². The molecule has 1 fully saturated rings. The number of hydrogen-bond acceptors (Lipinski definition) is 2. The predicted molar refractivity (Wildman–Crippen MR) is 87.2 cm³/mol. The summed E-state index contributed by atoms with van der Waals surface area (Å²) in [4.78, 5) is 0. The molecule has 1 saturated heterocycles. The van der Waals surface area contributed by atoms with Crippen LogP contribution in [-0.2, 0) is 4.74 Å². The Bertz CT molecular complexity index is 544. The first-order chi connectivity index (χ1) is 10.4. The molecule has 0 spiro atoms. The minimum absolute atomic E-state index is 0.384. The van der Waals surface area contributed by atoms with E-state index in [-0.39, 0.29) is 0 Å². The second-order valence-electron chi connectivity index (χ2n) is 5.73. The quantitative estimate of drug-likeness (QED) is 0.913. The van der Waals surface area contributed by atoms with E-state index < -0.39 is 0 Å². The summed E-state index contributed by atoms with van der Waals surface area (Å²) < 4.78 is 5.64. The molecule has 2 nitrogen and oxygen atoms in total. The number of nitrogens with one attached hydrogen (secondary N) is 1. The molecule has 1 N–H and O–H groups in total. The Morgan fingerprint density at radius 2 is 1.71 bits per heavy atom. The van der Waals surface area contributed by atoms with Gasteiger partial charge in [0.2, 0.25) is 0 Å². The van der Waals surface area contributed by atoms with E-state index >= 15 is 0 Å². The summed E-state index contributed by atoms with van der Waals surface area (Å²) in [5.41, 5.74) is 3.90. The third-order valence-corrected chi connectivity index (χ3v) is 4.35. The normalized spacial score (nSPS) is 20.1. The largest absolute Gasteiger partial charge is 0.381 e. The Hall–Kier alpha value is -1.64. The van der Waals surface area contributed by atoms with Gasteiger partial charge in [-0.3, -0.25) is 0 Å². The molecule has 2 aromatic rings. The lowest BCUT2D eigenvalue weighted by atomic mass is 9.88. The predicted octanol–water partition coefficient (Wildman–Crippen LogP) is 4.04. The van der Waals surface area contributed by atoms with Crippen molar-refractivity contribution in [3.8, 4) is 11.1 Å². The zero-order valence-electron chi connectivity index (χ0n) is 12.6. The summed E-state index contributed by atoms with van der Waals surface area (Å²) in [6.45, 7) is 1.78. The molecule has 0 radical (unpaired) electrons. The van der Waals surface area contributed by atoms with E-state index in [0.717, 1.165) is 13.2 Å². The van der Waals surface area contributed by atoms with E-state index in [9.17, 15) is 0 Å². The fourth-order valence-electron chi connectivity index (χ4n) is 3.22. The van der Waals surface area contributed by atoms with Crippen molar-refractivity contribution in [2.75, 3.05) is 20.3 Å². The van der Waals surface area contributed by atoms with Gasteiger partial charge < -0.3 is 10.1 Å². The average Bonchev–Trinajstić information content (AvgIpc) is 2.58. The van der Waals surface area contributed by atoms with Crippen LogP contribution in [0.1, 0.15) is 24.4 Å². The van der Waals surface area contributed by atoms with Gasteiger partial charge in [0.05, 0.1) is 6.61 Å². The molecule has 2 aromatic carbocycles. The van der Waals surface area contributed by atoms with Crippen LogP contribution in [0, 0.1) is 5.92 Å². The average molecular weight is 281 g/mol. The van der Waals surface area contributed by atoms with Gasteiger partial charge in [0.25, 0.3) is 0 Å². The number of rotatable bonds is 4. The number of benzene rings is 2. The molecule has 21 heavy (non-hydrogen) atoms. The first-order valence-electron chi connectivity index (χ1n) is 7.79. The number of ether oxygens (including phenoxy) is 1. The summed E-state index contributed by atoms with van der Waals surface area (Å²) in [5, 5.41) is 3.47. The Morgan fingerprint density at radius 1 is 1.00 bits per heavy atom. The Morgan fingerprint density at radius 3 is 2.33 bits per heavy atom. The standard InChI is InChI=1S/C19H23NO/c1-20-19(18-8-5-13-21-14-18)17-11-9-16(10-12-17)15-6-3-2-4-7-15/h2-4,6-7,9-12,18-20H,5,8,13-14H2,1H3. The Balaban J connectivity index is 1.79. The van der Waals surface area contributed by atoms with Crippen molar-refractivity contribution >= 4 is 0 Å². The van der Waals surface area contributed by atoms with E-state index in [4.69, 9.17) is 4.74 Å². The highest BCUT2D eigenvalue weighted by Crippen LogP contribution is 2.30. The minimum atomic E-state index is 0.384. The van der Waals surface area contributed by atoms with Gasteiger partial charge in [0.15, 0.2) is 0 Å². The third kappa shape index (κ3) is 3.34. The van der Waals surface area contributed by atoms with Crippen molar-refractivity contribution in [2.45, 2.75) is 18.9 Å². The molecular formula is C19H23NO. The Labute approximate surface area is 127 Å². The smallest absolute Gasteiger partial charge is 0.0512 e.